The summed E-state index contributed by atoms with van der Waals surface area (Å²) in [6, 6.07) is 7.11. The Morgan fingerprint density at radius 1 is 1.31 bits per heavy atom. The Morgan fingerprint density at radius 2 is 2.00 bits per heavy atom. The van der Waals surface area contributed by atoms with Crippen LogP contribution in [0.5, 0.6) is 0 Å². The van der Waals surface area contributed by atoms with Gasteiger partial charge in [-0.3, -0.25) is 9.59 Å². The minimum absolute atomic E-state index is 0.00627. The van der Waals surface area contributed by atoms with E-state index in [1.54, 1.807) is 32.3 Å². The Kier molecular flexibility index (Phi) is 4.05. The topological polar surface area (TPSA) is 49.4 Å². The molecule has 0 aromatic heterocycles. The van der Waals surface area contributed by atoms with Gasteiger partial charge in [0, 0.05) is 25.3 Å². The van der Waals surface area contributed by atoms with Gasteiger partial charge in [-0.15, -0.1) is 0 Å². The van der Waals surface area contributed by atoms with Crippen molar-refractivity contribution < 1.29 is 9.59 Å². The summed E-state index contributed by atoms with van der Waals surface area (Å²) in [4.78, 5) is 24.0. The van der Waals surface area contributed by atoms with Gasteiger partial charge in [0.05, 0.1) is 6.54 Å². The van der Waals surface area contributed by atoms with Crippen LogP contribution >= 0.6 is 0 Å². The number of benzene rings is 1. The summed E-state index contributed by atoms with van der Waals surface area (Å²) < 4.78 is 0. The van der Waals surface area contributed by atoms with Crippen molar-refractivity contribution in [3.8, 4) is 0 Å². The molecule has 1 rings (SSSR count). The van der Waals surface area contributed by atoms with Crippen molar-refractivity contribution in [3.63, 3.8) is 0 Å². The fraction of sp³-hybridized carbons (Fsp3) is 0.333. The smallest absolute Gasteiger partial charge is 0.241 e. The number of carbonyl (C=O) groups excluding carboxylic acids is 2. The van der Waals surface area contributed by atoms with E-state index in [4.69, 9.17) is 0 Å². The maximum Gasteiger partial charge on any atom is 0.241 e. The molecule has 0 radical (unpaired) electrons. The molecule has 0 fully saturated rings. The van der Waals surface area contributed by atoms with Crippen molar-refractivity contribution in [2.75, 3.05) is 26.0 Å². The van der Waals surface area contributed by atoms with E-state index >= 15 is 0 Å². The van der Waals surface area contributed by atoms with E-state index < -0.39 is 0 Å². The van der Waals surface area contributed by atoms with Gasteiger partial charge in [0.15, 0.2) is 5.78 Å². The van der Waals surface area contributed by atoms with E-state index in [9.17, 15) is 9.59 Å². The van der Waals surface area contributed by atoms with Gasteiger partial charge in [-0.1, -0.05) is 12.1 Å². The number of hydrogen-bond donors (Lipinski definition) is 1. The van der Waals surface area contributed by atoms with Gasteiger partial charge in [-0.2, -0.15) is 0 Å². The van der Waals surface area contributed by atoms with Gasteiger partial charge in [0.1, 0.15) is 0 Å². The molecule has 0 bridgehead atoms. The van der Waals surface area contributed by atoms with E-state index in [2.05, 4.69) is 5.32 Å². The van der Waals surface area contributed by atoms with E-state index in [-0.39, 0.29) is 18.2 Å². The first kappa shape index (κ1) is 12.2. The summed E-state index contributed by atoms with van der Waals surface area (Å²) in [7, 11) is 3.41. The molecular weight excluding hydrogens is 204 g/mol. The third-order valence-corrected chi connectivity index (χ3v) is 2.21. The number of likely N-dealkylation sites (N-methyl/N-ethyl adjacent to an activating group) is 1. The molecule has 0 atom stereocenters. The van der Waals surface area contributed by atoms with Crippen LogP contribution in [0.15, 0.2) is 24.3 Å². The lowest BCUT2D eigenvalue weighted by atomic mass is 10.1. The molecule has 86 valence electrons. The van der Waals surface area contributed by atoms with E-state index in [0.29, 0.717) is 5.56 Å². The third-order valence-electron chi connectivity index (χ3n) is 2.21. The van der Waals surface area contributed by atoms with Gasteiger partial charge in [0.2, 0.25) is 5.91 Å². The zero-order valence-corrected chi connectivity index (χ0v) is 9.78. The molecule has 4 nitrogen and oxygen atoms in total. The van der Waals surface area contributed by atoms with Gasteiger partial charge in [-0.05, 0) is 19.1 Å². The Hall–Kier alpha value is -1.84. The lowest BCUT2D eigenvalue weighted by Crippen LogP contribution is -2.28. The fourth-order valence-corrected chi connectivity index (χ4v) is 1.18. The maximum absolute atomic E-state index is 11.3. The second-order valence-electron chi connectivity index (χ2n) is 3.78. The summed E-state index contributed by atoms with van der Waals surface area (Å²) >= 11 is 0. The molecule has 1 aromatic carbocycles. The quantitative estimate of drug-likeness (QED) is 0.780. The second-order valence-corrected chi connectivity index (χ2v) is 3.78. The van der Waals surface area contributed by atoms with Crippen LogP contribution in [0.1, 0.15) is 17.3 Å². The number of rotatable bonds is 4. The number of nitrogens with one attached hydrogen (secondary N) is 1. The van der Waals surface area contributed by atoms with Crippen molar-refractivity contribution in [2.24, 2.45) is 0 Å². The summed E-state index contributed by atoms with van der Waals surface area (Å²) in [6.45, 7) is 1.75. The van der Waals surface area contributed by atoms with Crippen LogP contribution in [-0.2, 0) is 4.79 Å². The Labute approximate surface area is 95.3 Å². The first-order valence-corrected chi connectivity index (χ1v) is 5.05. The highest BCUT2D eigenvalue weighted by molar-refractivity contribution is 5.95. The molecule has 0 aliphatic rings. The van der Waals surface area contributed by atoms with Crippen LogP contribution in [0.3, 0.4) is 0 Å². The molecule has 0 aliphatic heterocycles. The van der Waals surface area contributed by atoms with Gasteiger partial charge < -0.3 is 10.2 Å². The molecule has 4 heteroatoms. The molecule has 0 saturated heterocycles. The van der Waals surface area contributed by atoms with Crippen LogP contribution in [0.2, 0.25) is 0 Å². The predicted molar refractivity (Wildman–Crippen MR) is 63.6 cm³/mol. The first-order chi connectivity index (χ1) is 7.50. The lowest BCUT2D eigenvalue weighted by molar-refractivity contribution is -0.126. The molecule has 0 aliphatic carbocycles. The minimum atomic E-state index is -0.00627. The highest BCUT2D eigenvalue weighted by atomic mass is 16.2. The zero-order chi connectivity index (χ0) is 12.1. The van der Waals surface area contributed by atoms with Gasteiger partial charge >= 0.3 is 0 Å². The largest absolute Gasteiger partial charge is 0.376 e. The van der Waals surface area contributed by atoms with Gasteiger partial charge in [0.25, 0.3) is 0 Å². The molecule has 0 unspecified atom stereocenters. The van der Waals surface area contributed by atoms with Crippen molar-refractivity contribution >= 4 is 17.4 Å². The maximum atomic E-state index is 11.3. The predicted octanol–water partition coefficient (Wildman–Crippen LogP) is 1.39. The second kappa shape index (κ2) is 5.30. The van der Waals surface area contributed by atoms with Crippen LogP contribution in [0, 0.1) is 0 Å². The molecule has 1 aromatic rings. The average molecular weight is 220 g/mol. The molecule has 16 heavy (non-hydrogen) atoms. The molecule has 0 heterocycles. The molecule has 1 N–H and O–H groups in total. The number of nitrogens with zero attached hydrogens (tertiary/aromatic N) is 1. The summed E-state index contributed by atoms with van der Waals surface area (Å²) in [5.41, 5.74) is 1.42. The van der Waals surface area contributed by atoms with Crippen molar-refractivity contribution in [3.05, 3.63) is 29.8 Å². The van der Waals surface area contributed by atoms with Crippen LogP contribution in [0.25, 0.3) is 0 Å². The molecular formula is C12H16N2O2. The Bertz CT molecular complexity index is 400. The number of Topliss-reactive ketones (excluding diaryl/α,β-unsaturated/α-hetero) is 1. The standard InChI is InChI=1S/C12H16N2O2/c1-9(15)10-5-4-6-11(7-10)13-8-12(16)14(2)3/h4-7,13H,8H2,1-3H3. The molecule has 1 amide bonds. The average Bonchev–Trinajstić information content (AvgIpc) is 2.26. The first-order valence-electron chi connectivity index (χ1n) is 5.05. The highest BCUT2D eigenvalue weighted by Gasteiger charge is 2.04. The van der Waals surface area contributed by atoms with Crippen molar-refractivity contribution in [1.82, 2.24) is 4.90 Å². The van der Waals surface area contributed by atoms with E-state index in [1.807, 2.05) is 6.07 Å². The minimum Gasteiger partial charge on any atom is -0.376 e. The van der Waals surface area contributed by atoms with Crippen LogP contribution in [0.4, 0.5) is 5.69 Å². The lowest BCUT2D eigenvalue weighted by Gasteiger charge is -2.12. The third kappa shape index (κ3) is 3.38. The number of carbonyl (C=O) groups is 2. The SMILES string of the molecule is CC(=O)c1cccc(NCC(=O)N(C)C)c1. The Morgan fingerprint density at radius 3 is 2.56 bits per heavy atom. The monoisotopic (exact) mass is 220 g/mol. The van der Waals surface area contributed by atoms with Crippen LogP contribution in [-0.4, -0.2) is 37.2 Å². The normalized spacial score (nSPS) is 9.69. The zero-order valence-electron chi connectivity index (χ0n) is 9.78. The number of hydrogen-bond acceptors (Lipinski definition) is 3. The molecule has 0 spiro atoms. The van der Waals surface area contributed by atoms with E-state index in [0.717, 1.165) is 5.69 Å². The van der Waals surface area contributed by atoms with Crippen molar-refractivity contribution in [1.29, 1.82) is 0 Å². The highest BCUT2D eigenvalue weighted by Crippen LogP contribution is 2.10. The number of ketones is 1. The number of amides is 1. The summed E-state index contributed by atoms with van der Waals surface area (Å²) in [5, 5.41) is 2.98. The van der Waals surface area contributed by atoms with E-state index in [1.165, 1.54) is 11.8 Å². The van der Waals surface area contributed by atoms with Gasteiger partial charge in [-0.25, -0.2) is 0 Å². The fourth-order valence-electron chi connectivity index (χ4n) is 1.18. The van der Waals surface area contributed by atoms with Crippen LogP contribution < -0.4 is 5.32 Å². The number of anilines is 1. The Balaban J connectivity index is 2.64. The van der Waals surface area contributed by atoms with Crippen molar-refractivity contribution in [2.45, 2.75) is 6.92 Å². The summed E-state index contributed by atoms with van der Waals surface area (Å²) in [5.74, 6) is 0.0100. The molecule has 0 saturated carbocycles. The summed E-state index contributed by atoms with van der Waals surface area (Å²) in [6.07, 6.45) is 0.